The largest absolute Gasteiger partial charge is 0.360 e. The van der Waals surface area contributed by atoms with Gasteiger partial charge in [0.25, 0.3) is 5.91 Å². The molecule has 1 N–H and O–H groups in total. The van der Waals surface area contributed by atoms with Crippen LogP contribution in [0.4, 0.5) is 0 Å². The minimum atomic E-state index is -0.283. The molecule has 5 heteroatoms. The summed E-state index contributed by atoms with van der Waals surface area (Å²) in [7, 11) is 0. The summed E-state index contributed by atoms with van der Waals surface area (Å²) in [5.74, 6) is -0.281. The summed E-state index contributed by atoms with van der Waals surface area (Å²) in [5, 5.41) is 0.994. The second-order valence-corrected chi connectivity index (χ2v) is 6.67. The summed E-state index contributed by atoms with van der Waals surface area (Å²) >= 11 is 5.96. The number of pyridine rings is 1. The van der Waals surface area contributed by atoms with Crippen molar-refractivity contribution in [3.05, 3.63) is 81.1 Å². The lowest BCUT2D eigenvalue weighted by Gasteiger charge is -2.26. The maximum Gasteiger partial charge on any atom is 0.259 e. The van der Waals surface area contributed by atoms with Crippen molar-refractivity contribution >= 4 is 28.4 Å². The van der Waals surface area contributed by atoms with E-state index in [1.165, 1.54) is 6.20 Å². The van der Waals surface area contributed by atoms with Crippen LogP contribution in [0, 0.1) is 0 Å². The van der Waals surface area contributed by atoms with Crippen LogP contribution in [-0.4, -0.2) is 21.8 Å². The van der Waals surface area contributed by atoms with Gasteiger partial charge in [-0.15, -0.1) is 0 Å². The molecule has 0 saturated heterocycles. The van der Waals surface area contributed by atoms with Crippen LogP contribution >= 0.6 is 11.6 Å². The Hall–Kier alpha value is -2.59. The van der Waals surface area contributed by atoms with E-state index in [1.807, 2.05) is 44.2 Å². The number of rotatable bonds is 4. The van der Waals surface area contributed by atoms with Gasteiger partial charge in [0.05, 0.1) is 5.52 Å². The molecule has 0 aliphatic heterocycles. The average Bonchev–Trinajstić information content (AvgIpc) is 2.60. The molecule has 25 heavy (non-hydrogen) atoms. The third-order valence-corrected chi connectivity index (χ3v) is 4.39. The maximum atomic E-state index is 13.0. The van der Waals surface area contributed by atoms with Crippen LogP contribution in [0.3, 0.4) is 0 Å². The molecule has 2 aromatic carbocycles. The van der Waals surface area contributed by atoms with Gasteiger partial charge in [-0.05, 0) is 37.6 Å². The van der Waals surface area contributed by atoms with Crippen LogP contribution in [0.1, 0.15) is 29.8 Å². The molecule has 128 valence electrons. The summed E-state index contributed by atoms with van der Waals surface area (Å²) in [4.78, 5) is 30.5. The zero-order valence-corrected chi connectivity index (χ0v) is 14.9. The van der Waals surface area contributed by atoms with Crippen LogP contribution < -0.4 is 5.43 Å². The van der Waals surface area contributed by atoms with Crippen molar-refractivity contribution < 1.29 is 4.79 Å². The van der Waals surface area contributed by atoms with E-state index in [2.05, 4.69) is 4.98 Å². The summed E-state index contributed by atoms with van der Waals surface area (Å²) in [5.41, 5.74) is 1.50. The Morgan fingerprint density at radius 3 is 2.56 bits per heavy atom. The first-order valence-electron chi connectivity index (χ1n) is 8.13. The first-order valence-corrected chi connectivity index (χ1v) is 8.51. The van der Waals surface area contributed by atoms with Crippen LogP contribution in [0.25, 0.3) is 10.9 Å². The zero-order chi connectivity index (χ0) is 18.0. The number of nitrogens with one attached hydrogen (secondary N) is 1. The van der Waals surface area contributed by atoms with Gasteiger partial charge in [0, 0.05) is 29.2 Å². The molecule has 1 heterocycles. The summed E-state index contributed by atoms with van der Waals surface area (Å²) in [6.45, 7) is 4.33. The molecule has 0 bridgehead atoms. The van der Waals surface area contributed by atoms with E-state index < -0.39 is 0 Å². The molecule has 0 saturated carbocycles. The number of hydrogen-bond acceptors (Lipinski definition) is 2. The quantitative estimate of drug-likeness (QED) is 0.762. The Bertz CT molecular complexity index is 964. The van der Waals surface area contributed by atoms with Gasteiger partial charge >= 0.3 is 0 Å². The number of carbonyl (C=O) groups is 1. The van der Waals surface area contributed by atoms with Crippen molar-refractivity contribution in [1.82, 2.24) is 9.88 Å². The van der Waals surface area contributed by atoms with E-state index in [0.717, 1.165) is 5.56 Å². The molecule has 0 aliphatic carbocycles. The van der Waals surface area contributed by atoms with Gasteiger partial charge in [0.15, 0.2) is 0 Å². The number of carbonyl (C=O) groups excluding carboxylic acids is 1. The fraction of sp³-hybridized carbons (Fsp3) is 0.200. The van der Waals surface area contributed by atoms with E-state index in [1.54, 1.807) is 23.1 Å². The number of H-pyrrole nitrogens is 1. The number of amides is 1. The second kappa shape index (κ2) is 7.11. The Kier molecular flexibility index (Phi) is 4.91. The fourth-order valence-corrected chi connectivity index (χ4v) is 2.95. The molecule has 4 nitrogen and oxygen atoms in total. The normalized spacial score (nSPS) is 11.0. The Morgan fingerprint density at radius 1 is 1.16 bits per heavy atom. The molecule has 0 spiro atoms. The second-order valence-electron chi connectivity index (χ2n) is 6.23. The van der Waals surface area contributed by atoms with Crippen molar-refractivity contribution in [2.45, 2.75) is 26.4 Å². The molecule has 0 unspecified atom stereocenters. The fourth-order valence-electron chi connectivity index (χ4n) is 2.78. The van der Waals surface area contributed by atoms with Crippen LogP contribution in [-0.2, 0) is 6.54 Å². The Labute approximate surface area is 151 Å². The number of nitrogens with zero attached hydrogens (tertiary/aromatic N) is 1. The van der Waals surface area contributed by atoms with E-state index in [9.17, 15) is 9.59 Å². The lowest BCUT2D eigenvalue weighted by Crippen LogP contribution is -2.38. The van der Waals surface area contributed by atoms with E-state index >= 15 is 0 Å². The summed E-state index contributed by atoms with van der Waals surface area (Å²) in [6.07, 6.45) is 1.48. The van der Waals surface area contributed by atoms with Gasteiger partial charge in [-0.3, -0.25) is 9.59 Å². The van der Waals surface area contributed by atoms with E-state index in [-0.39, 0.29) is 22.9 Å². The minimum absolute atomic E-state index is 0.0342. The number of benzene rings is 2. The molecule has 0 radical (unpaired) electrons. The van der Waals surface area contributed by atoms with Crippen molar-refractivity contribution in [3.63, 3.8) is 0 Å². The van der Waals surface area contributed by atoms with Crippen molar-refractivity contribution in [1.29, 1.82) is 0 Å². The molecule has 1 aromatic heterocycles. The number of aromatic amines is 1. The van der Waals surface area contributed by atoms with Gasteiger partial charge in [-0.1, -0.05) is 41.9 Å². The van der Waals surface area contributed by atoms with Crippen LogP contribution in [0.2, 0.25) is 5.02 Å². The molecule has 0 aliphatic rings. The van der Waals surface area contributed by atoms with Crippen molar-refractivity contribution in [2.24, 2.45) is 0 Å². The number of hydrogen-bond donors (Lipinski definition) is 1. The maximum absolute atomic E-state index is 13.0. The topological polar surface area (TPSA) is 53.2 Å². The van der Waals surface area contributed by atoms with Crippen molar-refractivity contribution in [3.8, 4) is 0 Å². The van der Waals surface area contributed by atoms with E-state index in [4.69, 9.17) is 11.6 Å². The van der Waals surface area contributed by atoms with Crippen LogP contribution in [0.15, 0.2) is 59.5 Å². The Morgan fingerprint density at radius 2 is 1.88 bits per heavy atom. The molecule has 0 atom stereocenters. The highest BCUT2D eigenvalue weighted by Gasteiger charge is 2.22. The average molecular weight is 355 g/mol. The van der Waals surface area contributed by atoms with Gasteiger partial charge in [-0.2, -0.15) is 0 Å². The van der Waals surface area contributed by atoms with Crippen molar-refractivity contribution in [2.75, 3.05) is 0 Å². The predicted octanol–water partition coefficient (Wildman–Crippen LogP) is 4.23. The standard InChI is InChI=1S/C20H19ClN2O2/c1-13(2)23(12-14-6-4-3-5-7-14)20(25)17-11-22-18-10-15(21)8-9-16(18)19(17)24/h3-11,13H,12H2,1-2H3,(H,22,24). The third-order valence-electron chi connectivity index (χ3n) is 4.15. The SMILES string of the molecule is CC(C)N(Cc1ccccc1)C(=O)c1c[nH]c2cc(Cl)ccc2c1=O. The van der Waals surface area contributed by atoms with Gasteiger partial charge in [0.2, 0.25) is 5.43 Å². The number of aromatic nitrogens is 1. The summed E-state index contributed by atoms with van der Waals surface area (Å²) in [6, 6.07) is 14.7. The highest BCUT2D eigenvalue weighted by atomic mass is 35.5. The Balaban J connectivity index is 2.00. The lowest BCUT2D eigenvalue weighted by molar-refractivity contribution is 0.0689. The molecular formula is C20H19ClN2O2. The molecule has 1 amide bonds. The lowest BCUT2D eigenvalue weighted by atomic mass is 10.1. The predicted molar refractivity (Wildman–Crippen MR) is 101 cm³/mol. The minimum Gasteiger partial charge on any atom is -0.360 e. The first kappa shape index (κ1) is 17.2. The third kappa shape index (κ3) is 3.59. The van der Waals surface area contributed by atoms with Gasteiger partial charge in [0.1, 0.15) is 5.56 Å². The first-order chi connectivity index (χ1) is 12.0. The molecular weight excluding hydrogens is 336 g/mol. The number of fused-ring (bicyclic) bond motifs is 1. The van der Waals surface area contributed by atoms with Crippen LogP contribution in [0.5, 0.6) is 0 Å². The van der Waals surface area contributed by atoms with Gasteiger partial charge < -0.3 is 9.88 Å². The molecule has 3 aromatic rings. The molecule has 0 fully saturated rings. The highest BCUT2D eigenvalue weighted by Crippen LogP contribution is 2.17. The smallest absolute Gasteiger partial charge is 0.259 e. The van der Waals surface area contributed by atoms with E-state index in [0.29, 0.717) is 22.5 Å². The summed E-state index contributed by atoms with van der Waals surface area (Å²) < 4.78 is 0. The van der Waals surface area contributed by atoms with Gasteiger partial charge in [-0.25, -0.2) is 0 Å². The number of halogens is 1. The highest BCUT2D eigenvalue weighted by molar-refractivity contribution is 6.31. The molecule has 3 rings (SSSR count). The zero-order valence-electron chi connectivity index (χ0n) is 14.1. The monoisotopic (exact) mass is 354 g/mol.